The van der Waals surface area contributed by atoms with Crippen LogP contribution in [0.4, 0.5) is 13.2 Å². The number of halogens is 3. The van der Waals surface area contributed by atoms with Crippen LogP contribution in [0.5, 0.6) is 0 Å². The Hall–Kier alpha value is -3.94. The molecule has 5 rings (SSSR count). The highest BCUT2D eigenvalue weighted by atomic mass is 19.4. The van der Waals surface area contributed by atoms with Crippen LogP contribution in [-0.2, 0) is 21.3 Å². The van der Waals surface area contributed by atoms with Crippen molar-refractivity contribution in [1.29, 1.82) is 0 Å². The molecule has 1 aliphatic heterocycles. The topological polar surface area (TPSA) is 130 Å². The van der Waals surface area contributed by atoms with E-state index in [4.69, 9.17) is 4.74 Å². The van der Waals surface area contributed by atoms with Crippen LogP contribution in [0, 0.1) is 0 Å². The first kappa shape index (κ1) is 31.5. The highest BCUT2D eigenvalue weighted by molar-refractivity contribution is 5.96. The van der Waals surface area contributed by atoms with Gasteiger partial charge in [0.15, 0.2) is 5.82 Å². The maximum Gasteiger partial charge on any atom is 0.416 e. The van der Waals surface area contributed by atoms with Crippen LogP contribution in [0.25, 0.3) is 11.4 Å². The summed E-state index contributed by atoms with van der Waals surface area (Å²) in [6.07, 6.45) is 3.56. The van der Waals surface area contributed by atoms with E-state index in [1.165, 1.54) is 6.07 Å². The average molecular weight is 613 g/mol. The van der Waals surface area contributed by atoms with Gasteiger partial charge in [0.2, 0.25) is 5.91 Å². The van der Waals surface area contributed by atoms with Gasteiger partial charge in [0.05, 0.1) is 30.5 Å². The second-order valence-corrected chi connectivity index (χ2v) is 11.3. The molecule has 2 fully saturated rings. The van der Waals surface area contributed by atoms with Crippen molar-refractivity contribution in [2.75, 3.05) is 26.8 Å². The smallest absolute Gasteiger partial charge is 0.384 e. The monoisotopic (exact) mass is 612 g/mol. The molecule has 1 aliphatic carbocycles. The Labute approximate surface area is 253 Å². The predicted octanol–water partition coefficient (Wildman–Crippen LogP) is 3.32. The lowest BCUT2D eigenvalue weighted by atomic mass is 9.79. The van der Waals surface area contributed by atoms with Gasteiger partial charge in [-0.05, 0) is 68.5 Å². The van der Waals surface area contributed by atoms with E-state index in [9.17, 15) is 27.9 Å². The van der Waals surface area contributed by atoms with Crippen molar-refractivity contribution in [1.82, 2.24) is 30.5 Å². The summed E-state index contributed by atoms with van der Waals surface area (Å²) in [5.74, 6) is -0.528. The van der Waals surface area contributed by atoms with Crippen molar-refractivity contribution in [2.24, 2.45) is 0 Å². The third-order valence-corrected chi connectivity index (χ3v) is 8.29. The lowest BCUT2D eigenvalue weighted by Crippen LogP contribution is -2.47. The Balaban J connectivity index is 1.13. The molecule has 3 heterocycles. The molecule has 10 nitrogen and oxygen atoms in total. The van der Waals surface area contributed by atoms with Crippen LogP contribution in [-0.4, -0.2) is 81.7 Å². The number of methoxy groups -OCH3 is 1. The number of aromatic nitrogens is 3. The fourth-order valence-electron chi connectivity index (χ4n) is 5.99. The number of hydrogen-bond donors (Lipinski definition) is 3. The third kappa shape index (κ3) is 7.40. The summed E-state index contributed by atoms with van der Waals surface area (Å²) in [6, 6.07) is 9.41. The molecule has 44 heavy (non-hydrogen) atoms. The molecule has 13 heteroatoms. The number of carbonyl (C=O) groups is 2. The largest absolute Gasteiger partial charge is 0.416 e. The maximum absolute atomic E-state index is 13.1. The van der Waals surface area contributed by atoms with Gasteiger partial charge in [-0.25, -0.2) is 9.97 Å². The van der Waals surface area contributed by atoms with Crippen molar-refractivity contribution in [3.05, 3.63) is 77.9 Å². The Morgan fingerprint density at radius 2 is 1.82 bits per heavy atom. The zero-order valence-corrected chi connectivity index (χ0v) is 24.3. The van der Waals surface area contributed by atoms with E-state index in [2.05, 4.69) is 25.6 Å². The van der Waals surface area contributed by atoms with Crippen LogP contribution < -0.4 is 10.6 Å². The van der Waals surface area contributed by atoms with Crippen LogP contribution in [0.15, 0.2) is 61.1 Å². The summed E-state index contributed by atoms with van der Waals surface area (Å²) in [6.45, 7) is 0.365. The van der Waals surface area contributed by atoms with Crippen LogP contribution in [0.1, 0.15) is 53.7 Å². The normalized spacial score (nSPS) is 23.8. The van der Waals surface area contributed by atoms with E-state index in [1.807, 2.05) is 12.1 Å². The SMILES string of the molecule is COC[C@@H]1CC(NC2CCC(O)(c3ccc(-c4ncccn4)cn3)CC2)CN1C(=O)CNC(=O)c1cccc(C(F)(F)F)c1. The number of rotatable bonds is 9. The number of pyridine rings is 1. The minimum absolute atomic E-state index is 0.0160. The third-order valence-electron chi connectivity index (χ3n) is 8.29. The van der Waals surface area contributed by atoms with Crippen molar-refractivity contribution in [3.8, 4) is 11.4 Å². The quantitative estimate of drug-likeness (QED) is 0.336. The first-order valence-corrected chi connectivity index (χ1v) is 14.5. The highest BCUT2D eigenvalue weighted by Gasteiger charge is 2.40. The fourth-order valence-corrected chi connectivity index (χ4v) is 5.99. The van der Waals surface area contributed by atoms with Gasteiger partial charge >= 0.3 is 6.18 Å². The number of nitrogens with one attached hydrogen (secondary N) is 2. The summed E-state index contributed by atoms with van der Waals surface area (Å²) in [5, 5.41) is 17.5. The Morgan fingerprint density at radius 1 is 1.07 bits per heavy atom. The summed E-state index contributed by atoms with van der Waals surface area (Å²) >= 11 is 0. The first-order valence-electron chi connectivity index (χ1n) is 14.5. The number of aliphatic hydroxyl groups is 1. The Morgan fingerprint density at radius 3 is 2.48 bits per heavy atom. The molecule has 1 aromatic carbocycles. The van der Waals surface area contributed by atoms with Gasteiger partial charge in [-0.15, -0.1) is 0 Å². The number of amides is 2. The van der Waals surface area contributed by atoms with Crippen LogP contribution >= 0.6 is 0 Å². The summed E-state index contributed by atoms with van der Waals surface area (Å²) in [5.41, 5.74) is -0.758. The molecule has 2 aliphatic rings. The van der Waals surface area contributed by atoms with Crippen molar-refractivity contribution in [3.63, 3.8) is 0 Å². The molecule has 1 saturated carbocycles. The van der Waals surface area contributed by atoms with Gasteiger partial charge in [0, 0.05) is 55.5 Å². The van der Waals surface area contributed by atoms with Gasteiger partial charge in [-0.1, -0.05) is 6.07 Å². The van der Waals surface area contributed by atoms with Crippen molar-refractivity contribution >= 4 is 11.8 Å². The van der Waals surface area contributed by atoms with E-state index in [-0.39, 0.29) is 36.1 Å². The summed E-state index contributed by atoms with van der Waals surface area (Å²) in [4.78, 5) is 40.2. The van der Waals surface area contributed by atoms with Crippen molar-refractivity contribution in [2.45, 2.75) is 62.0 Å². The highest BCUT2D eigenvalue weighted by Crippen LogP contribution is 2.37. The maximum atomic E-state index is 13.1. The van der Waals surface area contributed by atoms with Crippen LogP contribution in [0.3, 0.4) is 0 Å². The molecule has 1 saturated heterocycles. The molecule has 1 unspecified atom stereocenters. The second-order valence-electron chi connectivity index (χ2n) is 11.3. The molecule has 0 radical (unpaired) electrons. The van der Waals surface area contributed by atoms with Crippen molar-refractivity contribution < 1.29 is 32.6 Å². The summed E-state index contributed by atoms with van der Waals surface area (Å²) in [7, 11) is 1.55. The van der Waals surface area contributed by atoms with Gasteiger partial charge < -0.3 is 25.4 Å². The molecule has 3 N–H and O–H groups in total. The van der Waals surface area contributed by atoms with E-state index in [0.29, 0.717) is 56.8 Å². The molecule has 2 amide bonds. The molecular formula is C31H35F3N6O4. The number of ether oxygens (including phenoxy) is 1. The zero-order chi connectivity index (χ0) is 31.3. The number of carbonyl (C=O) groups excluding carboxylic acids is 2. The minimum atomic E-state index is -4.57. The minimum Gasteiger partial charge on any atom is -0.384 e. The predicted molar refractivity (Wildman–Crippen MR) is 154 cm³/mol. The summed E-state index contributed by atoms with van der Waals surface area (Å²) < 4.78 is 44.4. The number of nitrogens with zero attached hydrogens (tertiary/aromatic N) is 4. The average Bonchev–Trinajstić information content (AvgIpc) is 3.43. The molecule has 234 valence electrons. The molecule has 0 spiro atoms. The lowest BCUT2D eigenvalue weighted by Gasteiger charge is -2.37. The van der Waals surface area contributed by atoms with E-state index < -0.39 is 23.2 Å². The number of alkyl halides is 3. The zero-order valence-electron chi connectivity index (χ0n) is 24.3. The Kier molecular flexibility index (Phi) is 9.56. The first-order chi connectivity index (χ1) is 21.1. The number of benzene rings is 1. The van der Waals surface area contributed by atoms with Gasteiger partial charge in [-0.3, -0.25) is 14.6 Å². The van der Waals surface area contributed by atoms with Gasteiger partial charge in [0.25, 0.3) is 5.91 Å². The molecular weight excluding hydrogens is 577 g/mol. The van der Waals surface area contributed by atoms with Crippen LogP contribution in [0.2, 0.25) is 0 Å². The Bertz CT molecular complexity index is 1430. The second kappa shape index (κ2) is 13.4. The number of likely N-dealkylation sites (tertiary alicyclic amines) is 1. The van der Waals surface area contributed by atoms with Gasteiger partial charge in [0.1, 0.15) is 5.60 Å². The van der Waals surface area contributed by atoms with E-state index in [0.717, 1.165) is 23.8 Å². The van der Waals surface area contributed by atoms with E-state index in [1.54, 1.807) is 36.7 Å². The number of hydrogen-bond acceptors (Lipinski definition) is 8. The molecule has 2 aromatic heterocycles. The standard InChI is InChI=1S/C31H35F3N6O4/c1-44-19-25-15-24(18-40(25)27(41)17-38-29(42)20-4-2-5-22(14-20)31(32,33)34)39-23-8-10-30(43,11-9-23)26-7-6-21(16-37-26)28-35-12-3-13-36-28/h2-7,12-14,16,23-25,39,43H,8-11,15,17-19H2,1H3,(H,38,42)/t23?,24?,25-,30?/m0/s1. The van der Waals surface area contributed by atoms with Gasteiger partial charge in [-0.2, -0.15) is 13.2 Å². The van der Waals surface area contributed by atoms with E-state index >= 15 is 0 Å². The molecule has 0 bridgehead atoms. The molecule has 2 atom stereocenters. The lowest BCUT2D eigenvalue weighted by molar-refractivity contribution is -0.137. The molecule has 3 aromatic rings. The fraction of sp³-hybridized carbons (Fsp3) is 0.452.